The highest BCUT2D eigenvalue weighted by atomic mass is 15.3. The molecule has 0 saturated carbocycles. The van der Waals surface area contributed by atoms with Crippen molar-refractivity contribution in [2.75, 3.05) is 11.4 Å². The molecule has 100 valence electrons. The third-order valence-electron chi connectivity index (χ3n) is 2.98. The van der Waals surface area contributed by atoms with Crippen molar-refractivity contribution in [3.63, 3.8) is 0 Å². The highest BCUT2D eigenvalue weighted by Crippen LogP contribution is 2.16. The Labute approximate surface area is 113 Å². The van der Waals surface area contributed by atoms with E-state index in [4.69, 9.17) is 11.1 Å². The van der Waals surface area contributed by atoms with Crippen LogP contribution in [0, 0.1) is 5.41 Å². The van der Waals surface area contributed by atoms with Crippen LogP contribution in [0.25, 0.3) is 10.9 Å². The smallest absolute Gasteiger partial charge is 0.226 e. The van der Waals surface area contributed by atoms with Gasteiger partial charge < -0.3 is 10.6 Å². The maximum absolute atomic E-state index is 7.33. The van der Waals surface area contributed by atoms with Gasteiger partial charge in [-0.05, 0) is 19.9 Å². The van der Waals surface area contributed by atoms with E-state index in [1.807, 2.05) is 30.5 Å². The maximum Gasteiger partial charge on any atom is 0.226 e. The number of hydrogen-bond acceptors (Lipinski definition) is 4. The minimum Gasteiger partial charge on any atom is -0.388 e. The van der Waals surface area contributed by atoms with Crippen LogP contribution in [0.3, 0.4) is 0 Å². The molecule has 0 radical (unpaired) electrons. The number of nitrogens with one attached hydrogen (secondary N) is 1. The van der Waals surface area contributed by atoms with E-state index in [9.17, 15) is 0 Å². The number of anilines is 1. The molecule has 19 heavy (non-hydrogen) atoms. The molecule has 0 aliphatic rings. The summed E-state index contributed by atoms with van der Waals surface area (Å²) in [5.74, 6) is 0.876. The molecule has 5 nitrogen and oxygen atoms in total. The number of nitrogens with two attached hydrogens (primary N) is 1. The summed E-state index contributed by atoms with van der Waals surface area (Å²) in [5, 5.41) is 8.36. The first kappa shape index (κ1) is 13.3. The predicted molar refractivity (Wildman–Crippen MR) is 78.6 cm³/mol. The molecule has 2 aromatic rings. The Morgan fingerprint density at radius 1 is 1.37 bits per heavy atom. The summed E-state index contributed by atoms with van der Waals surface area (Å²) >= 11 is 0. The largest absolute Gasteiger partial charge is 0.388 e. The fourth-order valence-corrected chi connectivity index (χ4v) is 1.93. The quantitative estimate of drug-likeness (QED) is 0.635. The lowest BCUT2D eigenvalue weighted by Gasteiger charge is -2.26. The molecule has 1 aromatic heterocycles. The summed E-state index contributed by atoms with van der Waals surface area (Å²) in [4.78, 5) is 11.1. The summed E-state index contributed by atoms with van der Waals surface area (Å²) in [7, 11) is 0. The van der Waals surface area contributed by atoms with Crippen molar-refractivity contribution in [2.24, 2.45) is 5.73 Å². The van der Waals surface area contributed by atoms with Gasteiger partial charge in [0.2, 0.25) is 5.95 Å². The van der Waals surface area contributed by atoms with Crippen molar-refractivity contribution in [1.29, 1.82) is 5.41 Å². The van der Waals surface area contributed by atoms with Gasteiger partial charge in [-0.3, -0.25) is 5.41 Å². The molecule has 0 fully saturated rings. The summed E-state index contributed by atoms with van der Waals surface area (Å²) in [6.45, 7) is 4.82. The Morgan fingerprint density at radius 2 is 2.11 bits per heavy atom. The molecule has 3 N–H and O–H groups in total. The predicted octanol–water partition coefficient (Wildman–Crippen LogP) is 2.17. The van der Waals surface area contributed by atoms with Gasteiger partial charge in [0.1, 0.15) is 0 Å². The highest BCUT2D eigenvalue weighted by molar-refractivity contribution is 5.79. The van der Waals surface area contributed by atoms with E-state index in [0.717, 1.165) is 10.9 Å². The molecule has 0 atom stereocenters. The summed E-state index contributed by atoms with van der Waals surface area (Å²) in [5.41, 5.74) is 6.36. The maximum atomic E-state index is 7.33. The lowest BCUT2D eigenvalue weighted by molar-refractivity contribution is 0.669. The van der Waals surface area contributed by atoms with Crippen molar-refractivity contribution < 1.29 is 0 Å². The zero-order valence-electron chi connectivity index (χ0n) is 11.3. The van der Waals surface area contributed by atoms with Crippen molar-refractivity contribution in [2.45, 2.75) is 26.3 Å². The number of aromatic nitrogens is 2. The van der Waals surface area contributed by atoms with Gasteiger partial charge in [0.25, 0.3) is 0 Å². The summed E-state index contributed by atoms with van der Waals surface area (Å²) in [6, 6.07) is 8.18. The number of amidine groups is 1. The molecular formula is C14H19N5. The molecule has 1 aromatic carbocycles. The van der Waals surface area contributed by atoms with E-state index in [0.29, 0.717) is 18.9 Å². The Balaban J connectivity index is 2.30. The lowest BCUT2D eigenvalue weighted by atomic mass is 10.2. The van der Waals surface area contributed by atoms with Crippen molar-refractivity contribution >= 4 is 22.7 Å². The first-order chi connectivity index (χ1) is 9.08. The van der Waals surface area contributed by atoms with Crippen LogP contribution >= 0.6 is 0 Å². The van der Waals surface area contributed by atoms with Crippen LogP contribution < -0.4 is 10.6 Å². The van der Waals surface area contributed by atoms with E-state index in [2.05, 4.69) is 28.7 Å². The van der Waals surface area contributed by atoms with Crippen molar-refractivity contribution in [1.82, 2.24) is 9.97 Å². The summed E-state index contributed by atoms with van der Waals surface area (Å²) in [6.07, 6.45) is 2.36. The first-order valence-corrected chi connectivity index (χ1v) is 6.39. The van der Waals surface area contributed by atoms with Gasteiger partial charge >= 0.3 is 0 Å². The van der Waals surface area contributed by atoms with E-state index >= 15 is 0 Å². The lowest BCUT2D eigenvalue weighted by Crippen LogP contribution is -2.35. The Kier molecular flexibility index (Phi) is 3.94. The monoisotopic (exact) mass is 257 g/mol. The van der Waals surface area contributed by atoms with Crippen molar-refractivity contribution in [3.8, 4) is 0 Å². The molecule has 5 heteroatoms. The number of para-hydroxylation sites is 1. The molecule has 0 saturated heterocycles. The number of benzene rings is 1. The molecule has 0 spiro atoms. The van der Waals surface area contributed by atoms with Gasteiger partial charge in [-0.15, -0.1) is 0 Å². The second kappa shape index (κ2) is 5.65. The van der Waals surface area contributed by atoms with Crippen LogP contribution in [0.4, 0.5) is 5.95 Å². The molecule has 2 rings (SSSR count). The minimum absolute atomic E-state index is 0.187. The number of rotatable bonds is 5. The average molecular weight is 257 g/mol. The van der Waals surface area contributed by atoms with Crippen LogP contribution in [0.1, 0.15) is 20.3 Å². The SMILES string of the molecule is CC(C)N(CCC(=N)N)c1ncc2ccccc2n1. The van der Waals surface area contributed by atoms with Gasteiger partial charge in [0, 0.05) is 30.6 Å². The molecule has 0 unspecified atom stereocenters. The third kappa shape index (κ3) is 3.19. The molecule has 0 aliphatic heterocycles. The molecular weight excluding hydrogens is 238 g/mol. The molecule has 0 aliphatic carbocycles. The first-order valence-electron chi connectivity index (χ1n) is 6.39. The van der Waals surface area contributed by atoms with Crippen LogP contribution in [0.5, 0.6) is 0 Å². The molecule has 1 heterocycles. The number of hydrogen-bond donors (Lipinski definition) is 2. The normalized spacial score (nSPS) is 10.9. The standard InChI is InChI=1S/C14H19N5/c1-10(2)19(8-7-13(15)16)14-17-9-11-5-3-4-6-12(11)18-14/h3-6,9-10H,7-8H2,1-2H3,(H3,15,16). The van der Waals surface area contributed by atoms with Gasteiger partial charge in [0.05, 0.1) is 11.4 Å². The van der Waals surface area contributed by atoms with Gasteiger partial charge in [-0.25, -0.2) is 9.97 Å². The molecule has 0 amide bonds. The zero-order valence-corrected chi connectivity index (χ0v) is 11.3. The highest BCUT2D eigenvalue weighted by Gasteiger charge is 2.14. The Hall–Kier alpha value is -2.17. The second-order valence-corrected chi connectivity index (χ2v) is 4.79. The van der Waals surface area contributed by atoms with E-state index < -0.39 is 0 Å². The fraction of sp³-hybridized carbons (Fsp3) is 0.357. The van der Waals surface area contributed by atoms with Gasteiger partial charge in [0.15, 0.2) is 0 Å². The summed E-state index contributed by atoms with van der Waals surface area (Å²) < 4.78 is 0. The average Bonchev–Trinajstić information content (AvgIpc) is 2.38. The Morgan fingerprint density at radius 3 is 2.79 bits per heavy atom. The van der Waals surface area contributed by atoms with Gasteiger partial charge in [-0.1, -0.05) is 18.2 Å². The minimum atomic E-state index is 0.187. The molecule has 0 bridgehead atoms. The fourth-order valence-electron chi connectivity index (χ4n) is 1.93. The Bertz CT molecular complexity index is 579. The number of fused-ring (bicyclic) bond motifs is 1. The zero-order chi connectivity index (χ0) is 13.8. The van der Waals surface area contributed by atoms with Crippen LogP contribution in [0.15, 0.2) is 30.5 Å². The van der Waals surface area contributed by atoms with E-state index in [-0.39, 0.29) is 11.9 Å². The second-order valence-electron chi connectivity index (χ2n) is 4.79. The van der Waals surface area contributed by atoms with E-state index in [1.54, 1.807) is 0 Å². The van der Waals surface area contributed by atoms with Crippen LogP contribution in [0.2, 0.25) is 0 Å². The van der Waals surface area contributed by atoms with Crippen LogP contribution in [-0.4, -0.2) is 28.4 Å². The number of nitrogens with zero attached hydrogens (tertiary/aromatic N) is 3. The van der Waals surface area contributed by atoms with Gasteiger partial charge in [-0.2, -0.15) is 0 Å². The van der Waals surface area contributed by atoms with Crippen molar-refractivity contribution in [3.05, 3.63) is 30.5 Å². The third-order valence-corrected chi connectivity index (χ3v) is 2.98. The topological polar surface area (TPSA) is 78.9 Å². The van der Waals surface area contributed by atoms with E-state index in [1.165, 1.54) is 0 Å². The van der Waals surface area contributed by atoms with Crippen LogP contribution in [-0.2, 0) is 0 Å².